The third-order valence-electron chi connectivity index (χ3n) is 4.08. The monoisotopic (exact) mass is 556 g/mol. The fourth-order valence-corrected chi connectivity index (χ4v) is 4.31. The van der Waals surface area contributed by atoms with Crippen LogP contribution < -0.4 is 4.72 Å². The molecule has 3 aromatic carbocycles. The second-order valence-corrected chi connectivity index (χ2v) is 10.1. The molecule has 1 amide bonds. The normalized spacial score (nSPS) is 14.6. The van der Waals surface area contributed by atoms with Crippen molar-refractivity contribution in [1.82, 2.24) is 4.72 Å². The zero-order valence-corrected chi connectivity index (χ0v) is 20.7. The molecule has 1 aliphatic heterocycles. The second-order valence-electron chi connectivity index (χ2n) is 6.53. The average Bonchev–Trinajstić information content (AvgIpc) is 2.98. The number of sulfonamides is 1. The van der Waals surface area contributed by atoms with Crippen LogP contribution in [-0.2, 0) is 49.3 Å². The van der Waals surface area contributed by atoms with Crippen LogP contribution in [0, 0.1) is 13.8 Å². The molecule has 1 N–H and O–H groups in total. The molecular weight excluding hydrogens is 538 g/mol. The minimum Gasteiger partial charge on any atom is -0.768 e. The SMILES string of the molecule is Cc1ccc(S(=O)[O-])cc1.Cc1ccc(S(=O)[O-])cc1.O=C1NS(=O)(=O)c2ccccc21.[Cu+2]. The fraction of sp³-hybridized carbons (Fsp3) is 0.0952. The summed E-state index contributed by atoms with van der Waals surface area (Å²) in [6, 6.07) is 19.5. The van der Waals surface area contributed by atoms with E-state index >= 15 is 0 Å². The molecule has 4 rings (SSSR count). The van der Waals surface area contributed by atoms with Crippen LogP contribution in [0.15, 0.2) is 87.5 Å². The summed E-state index contributed by atoms with van der Waals surface area (Å²) in [6.07, 6.45) is 0. The Hall–Kier alpha value is -2.18. The molecular formula is C21H19CuNO7S3. The number of benzene rings is 3. The van der Waals surface area contributed by atoms with Gasteiger partial charge in [0.25, 0.3) is 15.9 Å². The zero-order chi connectivity index (χ0) is 23.9. The fourth-order valence-electron chi connectivity index (χ4n) is 2.42. The molecule has 0 spiro atoms. The standard InChI is InChI=1S/C7H5NO3S.2C7H8O2S.Cu/c9-7-5-3-1-2-4-6(5)12(10,11)8-7;2*1-6-2-4-7(5-3-6)10(8)9;/h1-4H,(H,8,9);2*2-5H,1H3,(H,8,9);/q;;;+2/p-2. The minimum absolute atomic E-state index is 0. The summed E-state index contributed by atoms with van der Waals surface area (Å²) < 4.78 is 65.4. The average molecular weight is 557 g/mol. The summed E-state index contributed by atoms with van der Waals surface area (Å²) in [7, 11) is -3.55. The molecule has 2 atom stereocenters. The molecule has 8 nitrogen and oxygen atoms in total. The molecule has 2 unspecified atom stereocenters. The summed E-state index contributed by atoms with van der Waals surface area (Å²) in [5.74, 6) is -0.550. The van der Waals surface area contributed by atoms with Crippen LogP contribution in [0.2, 0.25) is 0 Å². The van der Waals surface area contributed by atoms with Crippen molar-refractivity contribution in [3.63, 3.8) is 0 Å². The molecule has 33 heavy (non-hydrogen) atoms. The van der Waals surface area contributed by atoms with E-state index in [4.69, 9.17) is 0 Å². The molecule has 179 valence electrons. The third kappa shape index (κ3) is 8.59. The molecule has 0 aliphatic carbocycles. The summed E-state index contributed by atoms with van der Waals surface area (Å²) in [5, 5.41) is 0. The molecule has 0 saturated carbocycles. The second kappa shape index (κ2) is 12.9. The number of hydrogen-bond acceptors (Lipinski definition) is 7. The van der Waals surface area contributed by atoms with Gasteiger partial charge < -0.3 is 9.11 Å². The van der Waals surface area contributed by atoms with Gasteiger partial charge in [0.2, 0.25) is 0 Å². The summed E-state index contributed by atoms with van der Waals surface area (Å²) >= 11 is -4.17. The van der Waals surface area contributed by atoms with Crippen LogP contribution in [0.3, 0.4) is 0 Å². The van der Waals surface area contributed by atoms with Crippen molar-refractivity contribution in [2.75, 3.05) is 0 Å². The first-order chi connectivity index (χ1) is 15.0. The topological polar surface area (TPSA) is 143 Å². The Morgan fingerprint density at radius 3 is 1.48 bits per heavy atom. The van der Waals surface area contributed by atoms with Gasteiger partial charge in [-0.3, -0.25) is 13.2 Å². The summed E-state index contributed by atoms with van der Waals surface area (Å²) in [4.78, 5) is 11.7. The summed E-state index contributed by atoms with van der Waals surface area (Å²) in [6.45, 7) is 3.83. The number of carbonyl (C=O) groups excluding carboxylic acids is 1. The van der Waals surface area contributed by atoms with E-state index in [9.17, 15) is 30.7 Å². The van der Waals surface area contributed by atoms with Crippen LogP contribution >= 0.6 is 0 Å². The van der Waals surface area contributed by atoms with Crippen molar-refractivity contribution >= 4 is 38.1 Å². The van der Waals surface area contributed by atoms with Gasteiger partial charge in [-0.1, -0.05) is 47.5 Å². The number of amides is 1. The Bertz CT molecular complexity index is 1190. The molecule has 1 heterocycles. The van der Waals surface area contributed by atoms with Crippen LogP contribution in [-0.4, -0.2) is 31.8 Å². The smallest absolute Gasteiger partial charge is 0.768 e. The Morgan fingerprint density at radius 2 is 1.12 bits per heavy atom. The Labute approximate surface area is 207 Å². The number of rotatable bonds is 2. The van der Waals surface area contributed by atoms with E-state index < -0.39 is 38.1 Å². The van der Waals surface area contributed by atoms with Gasteiger partial charge in [0.1, 0.15) is 4.90 Å². The van der Waals surface area contributed by atoms with E-state index in [0.29, 0.717) is 9.79 Å². The predicted molar refractivity (Wildman–Crippen MR) is 118 cm³/mol. The molecule has 0 bridgehead atoms. The van der Waals surface area contributed by atoms with E-state index in [0.717, 1.165) is 11.1 Å². The number of aryl methyl sites for hydroxylation is 2. The third-order valence-corrected chi connectivity index (χ3v) is 6.78. The van der Waals surface area contributed by atoms with Crippen molar-refractivity contribution in [3.8, 4) is 0 Å². The van der Waals surface area contributed by atoms with Crippen molar-refractivity contribution in [3.05, 3.63) is 89.5 Å². The quantitative estimate of drug-likeness (QED) is 0.377. The van der Waals surface area contributed by atoms with Crippen LogP contribution in [0.1, 0.15) is 21.5 Å². The first-order valence-electron chi connectivity index (χ1n) is 8.99. The number of carbonyl (C=O) groups is 1. The van der Waals surface area contributed by atoms with Crippen molar-refractivity contribution in [2.45, 2.75) is 28.5 Å². The van der Waals surface area contributed by atoms with Crippen molar-refractivity contribution < 1.29 is 47.8 Å². The van der Waals surface area contributed by atoms with Gasteiger partial charge in [-0.25, -0.2) is 13.1 Å². The molecule has 12 heteroatoms. The van der Waals surface area contributed by atoms with Crippen LogP contribution in [0.25, 0.3) is 0 Å². The van der Waals surface area contributed by atoms with E-state index in [1.54, 1.807) is 60.7 Å². The largest absolute Gasteiger partial charge is 2.00 e. The van der Waals surface area contributed by atoms with Crippen molar-refractivity contribution in [1.29, 1.82) is 0 Å². The predicted octanol–water partition coefficient (Wildman–Crippen LogP) is 2.58. The van der Waals surface area contributed by atoms with Crippen LogP contribution in [0.5, 0.6) is 0 Å². The van der Waals surface area contributed by atoms with Gasteiger partial charge in [-0.05, 0) is 72.4 Å². The number of hydrogen-bond donors (Lipinski definition) is 1. The Kier molecular flexibility index (Phi) is 11.3. The van der Waals surface area contributed by atoms with Gasteiger partial charge >= 0.3 is 17.1 Å². The van der Waals surface area contributed by atoms with Gasteiger partial charge in [0.15, 0.2) is 0 Å². The van der Waals surface area contributed by atoms with Gasteiger partial charge in [0, 0.05) is 9.79 Å². The zero-order valence-electron chi connectivity index (χ0n) is 17.3. The molecule has 3 aromatic rings. The molecule has 0 aromatic heterocycles. The van der Waals surface area contributed by atoms with E-state index in [2.05, 4.69) is 0 Å². The van der Waals surface area contributed by atoms with E-state index in [1.807, 2.05) is 18.6 Å². The Balaban J connectivity index is 0.000000246. The van der Waals surface area contributed by atoms with E-state index in [1.165, 1.54) is 12.1 Å². The maximum absolute atomic E-state index is 11.1. The first kappa shape index (κ1) is 28.9. The van der Waals surface area contributed by atoms with E-state index in [-0.39, 0.29) is 27.5 Å². The van der Waals surface area contributed by atoms with Gasteiger partial charge in [-0.15, -0.1) is 0 Å². The molecule has 1 radical (unpaired) electrons. The Morgan fingerprint density at radius 1 is 0.727 bits per heavy atom. The van der Waals surface area contributed by atoms with Crippen LogP contribution in [0.4, 0.5) is 0 Å². The number of nitrogens with one attached hydrogen (secondary N) is 1. The summed E-state index contributed by atoms with van der Waals surface area (Å²) in [5.41, 5.74) is 2.35. The molecule has 1 aliphatic rings. The van der Waals surface area contributed by atoms with Gasteiger partial charge in [0.05, 0.1) is 5.56 Å². The molecule has 0 fully saturated rings. The maximum atomic E-state index is 11.1. The minimum atomic E-state index is -3.55. The van der Waals surface area contributed by atoms with Gasteiger partial charge in [-0.2, -0.15) is 0 Å². The molecule has 0 saturated heterocycles. The van der Waals surface area contributed by atoms with Crippen molar-refractivity contribution in [2.24, 2.45) is 0 Å². The first-order valence-corrected chi connectivity index (χ1v) is 12.6. The maximum Gasteiger partial charge on any atom is 2.00 e. The number of fused-ring (bicyclic) bond motifs is 1.